The van der Waals surface area contributed by atoms with Crippen LogP contribution < -0.4 is 10.6 Å². The van der Waals surface area contributed by atoms with Crippen LogP contribution in [0, 0.1) is 10.7 Å². The van der Waals surface area contributed by atoms with E-state index >= 15 is 0 Å². The molecule has 1 heterocycles. The number of likely N-dealkylation sites (N-methyl/N-ethyl adjacent to an activating group) is 1. The molecule has 1 aliphatic heterocycles. The third kappa shape index (κ3) is 5.05. The van der Waals surface area contributed by atoms with Gasteiger partial charge in [0, 0.05) is 25.8 Å². The molecule has 1 saturated heterocycles. The summed E-state index contributed by atoms with van der Waals surface area (Å²) in [7, 11) is 2.04. The van der Waals surface area contributed by atoms with Crippen LogP contribution in [0.4, 0.5) is 11.4 Å². The maximum Gasteiger partial charge on any atom is 0.340 e. The Hall–Kier alpha value is -0.220. The monoisotopic (exact) mass is 753 g/mol. The topological polar surface area (TPSA) is 87.7 Å². The Morgan fingerprint density at radius 2 is 1.37 bits per heavy atom. The number of halogens is 3. The Morgan fingerprint density at radius 1 is 0.933 bits per heavy atom. The van der Waals surface area contributed by atoms with Crippen molar-refractivity contribution in [3.8, 4) is 0 Å². The van der Waals surface area contributed by atoms with Crippen molar-refractivity contribution in [1.29, 1.82) is 0 Å². The Labute approximate surface area is 218 Å². The first-order chi connectivity index (χ1) is 13.6. The number of likely N-dealkylation sites (tertiary alicyclic amines) is 1. The third-order valence-corrected chi connectivity index (χ3v) is 8.85. The van der Waals surface area contributed by atoms with Gasteiger partial charge in [0.1, 0.15) is 6.10 Å². The number of hydrogen-bond donors (Lipinski definition) is 2. The molecule has 2 amide bonds. The largest absolute Gasteiger partial charge is 0.457 e. The average molecular weight is 753 g/mol. The Bertz CT molecular complexity index is 872. The Balaban J connectivity index is 2.56. The molecule has 166 valence electrons. The van der Waals surface area contributed by atoms with Gasteiger partial charge >= 0.3 is 5.97 Å². The number of benzene rings is 1. The zero-order valence-electron chi connectivity index (χ0n) is 18.0. The zero-order valence-corrected chi connectivity index (χ0v) is 24.5. The highest BCUT2D eigenvalue weighted by Gasteiger charge is 2.51. The van der Waals surface area contributed by atoms with Crippen molar-refractivity contribution in [3.05, 3.63) is 16.3 Å². The van der Waals surface area contributed by atoms with Crippen LogP contribution in [0.5, 0.6) is 0 Å². The van der Waals surface area contributed by atoms with Crippen LogP contribution in [0.25, 0.3) is 0 Å². The normalized spacial score (nSPS) is 20.0. The first-order valence-corrected chi connectivity index (χ1v) is 12.6. The van der Waals surface area contributed by atoms with E-state index in [4.69, 9.17) is 4.74 Å². The van der Waals surface area contributed by atoms with Gasteiger partial charge < -0.3 is 15.4 Å². The molecule has 2 N–H and O–H groups in total. The summed E-state index contributed by atoms with van der Waals surface area (Å²) >= 11 is 6.16. The fraction of sp³-hybridized carbons (Fsp3) is 0.550. The fourth-order valence-electron chi connectivity index (χ4n) is 3.63. The van der Waals surface area contributed by atoms with Crippen LogP contribution in [0.2, 0.25) is 0 Å². The lowest BCUT2D eigenvalue weighted by atomic mass is 9.97. The average Bonchev–Trinajstić information content (AvgIpc) is 2.74. The van der Waals surface area contributed by atoms with Gasteiger partial charge in [0.2, 0.25) is 11.8 Å². The fourth-order valence-corrected chi connectivity index (χ4v) is 7.77. The van der Waals surface area contributed by atoms with E-state index in [2.05, 4.69) is 65.8 Å². The van der Waals surface area contributed by atoms with Gasteiger partial charge in [-0.15, -0.1) is 0 Å². The van der Waals surface area contributed by atoms with E-state index < -0.39 is 5.97 Å². The van der Waals surface area contributed by atoms with E-state index in [-0.39, 0.29) is 29.0 Å². The standard InChI is InChI=1S/C20H26I3N3O4/c1-9(27)24-16-13(21)12(14(22)17(15(16)23)25-10(2)28)18(29)30-11-8-19(3,4)26(7)20(11,5)6/h11H,8H2,1-7H3,(H,24,27)(H,25,28). The third-order valence-electron chi connectivity index (χ3n) is 5.62. The predicted molar refractivity (Wildman–Crippen MR) is 143 cm³/mol. The second-order valence-electron chi connectivity index (χ2n) is 8.55. The number of carbonyl (C=O) groups is 3. The minimum atomic E-state index is -0.470. The second kappa shape index (κ2) is 9.33. The van der Waals surface area contributed by atoms with Crippen LogP contribution in [-0.4, -0.2) is 46.9 Å². The van der Waals surface area contributed by atoms with Gasteiger partial charge in [0.15, 0.2) is 0 Å². The quantitative estimate of drug-likeness (QED) is 0.340. The highest BCUT2D eigenvalue weighted by molar-refractivity contribution is 14.1. The molecular formula is C20H26I3N3O4. The second-order valence-corrected chi connectivity index (χ2v) is 11.8. The predicted octanol–water partition coefficient (Wildman–Crippen LogP) is 4.84. The van der Waals surface area contributed by atoms with Crippen molar-refractivity contribution in [2.75, 3.05) is 17.7 Å². The molecule has 1 aromatic rings. The summed E-state index contributed by atoms with van der Waals surface area (Å²) in [6.07, 6.45) is 0.404. The molecule has 1 atom stereocenters. The minimum absolute atomic E-state index is 0.108. The van der Waals surface area contributed by atoms with Crippen molar-refractivity contribution in [3.63, 3.8) is 0 Å². The molecule has 0 spiro atoms. The lowest BCUT2D eigenvalue weighted by Gasteiger charge is -2.37. The molecule has 0 saturated carbocycles. The van der Waals surface area contributed by atoms with Gasteiger partial charge in [-0.3, -0.25) is 14.5 Å². The molecule has 0 bridgehead atoms. The highest BCUT2D eigenvalue weighted by atomic mass is 127. The zero-order chi connectivity index (χ0) is 23.2. The summed E-state index contributed by atoms with van der Waals surface area (Å²) in [6, 6.07) is 0. The molecule has 10 heteroatoms. The number of amides is 2. The van der Waals surface area contributed by atoms with Gasteiger partial charge in [-0.2, -0.15) is 0 Å². The molecule has 0 aromatic heterocycles. The van der Waals surface area contributed by atoms with Gasteiger partial charge in [0.05, 0.1) is 33.2 Å². The number of rotatable bonds is 4. The van der Waals surface area contributed by atoms with Crippen LogP contribution in [-0.2, 0) is 14.3 Å². The summed E-state index contributed by atoms with van der Waals surface area (Å²) in [4.78, 5) is 39.1. The molecule has 0 aliphatic carbocycles. The van der Waals surface area contributed by atoms with Crippen molar-refractivity contribution in [1.82, 2.24) is 4.90 Å². The van der Waals surface area contributed by atoms with E-state index in [0.29, 0.717) is 34.1 Å². The molecule has 1 unspecified atom stereocenters. The summed E-state index contributed by atoms with van der Waals surface area (Å²) < 4.78 is 7.84. The number of ether oxygens (including phenoxy) is 1. The van der Waals surface area contributed by atoms with E-state index in [1.165, 1.54) is 13.8 Å². The lowest BCUT2D eigenvalue weighted by Crippen LogP contribution is -2.48. The van der Waals surface area contributed by atoms with Gasteiger partial charge in [-0.1, -0.05) is 0 Å². The molecule has 0 radical (unpaired) electrons. The van der Waals surface area contributed by atoms with E-state index in [0.717, 1.165) is 0 Å². The smallest absolute Gasteiger partial charge is 0.340 e. The molecule has 2 rings (SSSR count). The summed E-state index contributed by atoms with van der Waals surface area (Å²) in [5.41, 5.74) is 0.877. The Morgan fingerprint density at radius 3 is 1.70 bits per heavy atom. The van der Waals surface area contributed by atoms with Crippen LogP contribution in [0.15, 0.2) is 0 Å². The van der Waals surface area contributed by atoms with Crippen LogP contribution in [0.1, 0.15) is 58.3 Å². The number of nitrogens with one attached hydrogen (secondary N) is 2. The highest BCUT2D eigenvalue weighted by Crippen LogP contribution is 2.43. The van der Waals surface area contributed by atoms with Crippen molar-refractivity contribution in [2.45, 2.75) is 65.1 Å². The molecule has 30 heavy (non-hydrogen) atoms. The van der Waals surface area contributed by atoms with E-state index in [1.807, 2.05) is 52.2 Å². The summed E-state index contributed by atoms with van der Waals surface area (Å²) in [6.45, 7) is 11.2. The number of carbonyl (C=O) groups excluding carboxylic acids is 3. The SMILES string of the molecule is CC(=O)Nc1c(I)c(NC(C)=O)c(I)c(C(=O)OC2CC(C)(C)N(C)C2(C)C)c1I. The maximum absolute atomic E-state index is 13.4. The van der Waals surface area contributed by atoms with Gasteiger partial charge in [-0.05, 0) is 103 Å². The molecule has 1 aromatic carbocycles. The lowest BCUT2D eigenvalue weighted by molar-refractivity contribution is -0.115. The van der Waals surface area contributed by atoms with Crippen molar-refractivity contribution in [2.24, 2.45) is 0 Å². The first-order valence-electron chi connectivity index (χ1n) is 9.31. The minimum Gasteiger partial charge on any atom is -0.457 e. The number of esters is 1. The Kier molecular flexibility index (Phi) is 8.10. The van der Waals surface area contributed by atoms with Crippen LogP contribution >= 0.6 is 67.8 Å². The molecule has 7 nitrogen and oxygen atoms in total. The van der Waals surface area contributed by atoms with E-state index in [1.54, 1.807) is 0 Å². The number of nitrogens with zero attached hydrogens (tertiary/aromatic N) is 1. The van der Waals surface area contributed by atoms with Crippen molar-refractivity contribution >= 4 is 96.9 Å². The van der Waals surface area contributed by atoms with E-state index in [9.17, 15) is 14.4 Å². The first kappa shape index (κ1) is 26.0. The molecule has 1 aliphatic rings. The maximum atomic E-state index is 13.4. The van der Waals surface area contributed by atoms with Gasteiger partial charge in [0.25, 0.3) is 0 Å². The number of hydrogen-bond acceptors (Lipinski definition) is 5. The summed E-state index contributed by atoms with van der Waals surface area (Å²) in [5, 5.41) is 5.57. The number of anilines is 2. The molecule has 1 fully saturated rings. The van der Waals surface area contributed by atoms with Gasteiger partial charge in [-0.25, -0.2) is 4.79 Å². The van der Waals surface area contributed by atoms with Crippen molar-refractivity contribution < 1.29 is 19.1 Å². The van der Waals surface area contributed by atoms with Crippen LogP contribution in [0.3, 0.4) is 0 Å². The summed E-state index contributed by atoms with van der Waals surface area (Å²) in [5.74, 6) is -0.997. The molecular weight excluding hydrogens is 727 g/mol.